The Morgan fingerprint density at radius 2 is 0.852 bits per heavy atom. The fraction of sp³-hybridized carbons (Fsp3) is 0.920. The predicted molar refractivity (Wildman–Crippen MR) is 122 cm³/mol. The molecule has 0 bridgehead atoms. The molecule has 0 aromatic heterocycles. The zero-order valence-electron chi connectivity index (χ0n) is 19.1. The molecule has 0 amide bonds. The van der Waals surface area contributed by atoms with Gasteiger partial charge in [-0.15, -0.1) is 0 Å². The van der Waals surface area contributed by atoms with Crippen molar-refractivity contribution >= 4 is 0 Å². The van der Waals surface area contributed by atoms with Gasteiger partial charge in [0.15, 0.2) is 0 Å². The topological polar surface area (TPSA) is 6.48 Å². The van der Waals surface area contributed by atoms with E-state index in [1.165, 1.54) is 122 Å². The molecule has 27 heavy (non-hydrogen) atoms. The molecule has 0 spiro atoms. The lowest BCUT2D eigenvalue weighted by Gasteiger charge is -2.33. The van der Waals surface area contributed by atoms with Crippen molar-refractivity contribution in [3.8, 4) is 0 Å². The van der Waals surface area contributed by atoms with E-state index in [9.17, 15) is 0 Å². The minimum atomic E-state index is 0.646. The summed E-state index contributed by atoms with van der Waals surface area (Å²) in [5.41, 5.74) is 0. The van der Waals surface area contributed by atoms with E-state index in [1.807, 2.05) is 0 Å². The summed E-state index contributed by atoms with van der Waals surface area (Å²) in [6, 6.07) is 0. The van der Waals surface area contributed by atoms with Crippen LogP contribution in [0.15, 0.2) is 12.4 Å². The van der Waals surface area contributed by atoms with Crippen LogP contribution in [0.5, 0.6) is 0 Å². The Morgan fingerprint density at radius 1 is 0.481 bits per heavy atom. The highest BCUT2D eigenvalue weighted by Gasteiger charge is 2.24. The summed E-state index contributed by atoms with van der Waals surface area (Å²) in [6.07, 6.45) is 29.1. The predicted octanol–water partition coefficient (Wildman–Crippen LogP) is 8.09. The van der Waals surface area contributed by atoms with Crippen molar-refractivity contribution in [2.45, 2.75) is 136 Å². The first-order chi connectivity index (χ1) is 13.3. The van der Waals surface area contributed by atoms with E-state index in [0.29, 0.717) is 6.17 Å². The van der Waals surface area contributed by atoms with Gasteiger partial charge in [0.2, 0.25) is 0 Å². The van der Waals surface area contributed by atoms with E-state index in [0.717, 1.165) is 0 Å². The second-order valence-corrected chi connectivity index (χ2v) is 8.64. The number of hydrogen-bond acceptors (Lipinski definition) is 2. The molecule has 1 atom stereocenters. The molecule has 0 aliphatic carbocycles. The Hall–Kier alpha value is -0.660. The van der Waals surface area contributed by atoms with Crippen molar-refractivity contribution in [3.63, 3.8) is 0 Å². The Balaban J connectivity index is 2.26. The molecule has 1 rings (SSSR count). The molecule has 160 valence electrons. The maximum Gasteiger partial charge on any atom is 0.101 e. The summed E-state index contributed by atoms with van der Waals surface area (Å²) in [7, 11) is 0. The molecule has 0 N–H and O–H groups in total. The van der Waals surface area contributed by atoms with E-state index in [-0.39, 0.29) is 0 Å². The minimum Gasteiger partial charge on any atom is -0.356 e. The maximum absolute atomic E-state index is 2.65. The molecule has 0 aromatic carbocycles. The molecule has 0 radical (unpaired) electrons. The fourth-order valence-electron chi connectivity index (χ4n) is 4.24. The average molecular weight is 379 g/mol. The average Bonchev–Trinajstić information content (AvgIpc) is 3.06. The Morgan fingerprint density at radius 3 is 1.30 bits per heavy atom. The maximum atomic E-state index is 2.65. The highest BCUT2D eigenvalue weighted by Crippen LogP contribution is 2.23. The third-order valence-electron chi connectivity index (χ3n) is 6.07. The summed E-state index contributed by atoms with van der Waals surface area (Å²) in [5, 5.41) is 0. The number of nitrogens with zero attached hydrogens (tertiary/aromatic N) is 2. The van der Waals surface area contributed by atoms with Crippen molar-refractivity contribution < 1.29 is 0 Å². The van der Waals surface area contributed by atoms with Crippen LogP contribution in [0.25, 0.3) is 0 Å². The van der Waals surface area contributed by atoms with E-state index in [2.05, 4.69) is 43.0 Å². The van der Waals surface area contributed by atoms with E-state index in [4.69, 9.17) is 0 Å². The van der Waals surface area contributed by atoms with Crippen LogP contribution in [0, 0.1) is 0 Å². The van der Waals surface area contributed by atoms with Crippen molar-refractivity contribution in [2.75, 3.05) is 13.1 Å². The number of unbranched alkanes of at least 4 members (excludes halogenated alkanes) is 13. The Bertz CT molecular complexity index is 339. The zero-order chi connectivity index (χ0) is 19.6. The van der Waals surface area contributed by atoms with Gasteiger partial charge < -0.3 is 9.80 Å². The summed E-state index contributed by atoms with van der Waals surface area (Å²) in [5.74, 6) is 0. The molecule has 2 nitrogen and oxygen atoms in total. The van der Waals surface area contributed by atoms with Crippen molar-refractivity contribution in [1.29, 1.82) is 0 Å². The normalized spacial score (nSPS) is 16.6. The first kappa shape index (κ1) is 24.4. The van der Waals surface area contributed by atoms with Gasteiger partial charge in [-0.05, 0) is 25.7 Å². The van der Waals surface area contributed by atoms with Gasteiger partial charge in [-0.2, -0.15) is 0 Å². The third kappa shape index (κ3) is 11.7. The Kier molecular flexibility index (Phi) is 15.7. The van der Waals surface area contributed by atoms with Gasteiger partial charge in [-0.3, -0.25) is 0 Å². The van der Waals surface area contributed by atoms with Gasteiger partial charge >= 0.3 is 0 Å². The second kappa shape index (κ2) is 17.4. The molecule has 0 saturated carbocycles. The monoisotopic (exact) mass is 378 g/mol. The lowest BCUT2D eigenvalue weighted by atomic mass is 10.1. The lowest BCUT2D eigenvalue weighted by molar-refractivity contribution is 0.135. The molecule has 1 heterocycles. The first-order valence-electron chi connectivity index (χ1n) is 12.5. The molecule has 1 unspecified atom stereocenters. The molecule has 0 saturated heterocycles. The van der Waals surface area contributed by atoms with Gasteiger partial charge in [0.05, 0.1) is 0 Å². The summed E-state index contributed by atoms with van der Waals surface area (Å²) >= 11 is 0. The van der Waals surface area contributed by atoms with Gasteiger partial charge in [-0.1, -0.05) is 104 Å². The van der Waals surface area contributed by atoms with Crippen LogP contribution >= 0.6 is 0 Å². The van der Waals surface area contributed by atoms with Crippen LogP contribution in [0.1, 0.15) is 130 Å². The SMILES string of the molecule is CCCCCCCCCN1C=CN(CCCCCCCC)C1CCCCC. The molecule has 1 aliphatic rings. The standard InChI is InChI=1S/C25H50N2/c1-4-7-10-12-14-16-19-22-27-24-23-26(25(27)20-17-9-6-3)21-18-15-13-11-8-5-2/h23-25H,4-22H2,1-3H3. The van der Waals surface area contributed by atoms with Crippen LogP contribution in [-0.4, -0.2) is 29.1 Å². The minimum absolute atomic E-state index is 0.646. The highest BCUT2D eigenvalue weighted by atomic mass is 15.4. The van der Waals surface area contributed by atoms with Gasteiger partial charge in [0, 0.05) is 25.5 Å². The molecule has 1 aliphatic heterocycles. The first-order valence-corrected chi connectivity index (χ1v) is 12.5. The quantitative estimate of drug-likeness (QED) is 0.209. The van der Waals surface area contributed by atoms with Crippen molar-refractivity contribution in [2.24, 2.45) is 0 Å². The van der Waals surface area contributed by atoms with E-state index >= 15 is 0 Å². The summed E-state index contributed by atoms with van der Waals surface area (Å²) < 4.78 is 0. The van der Waals surface area contributed by atoms with Crippen molar-refractivity contribution in [3.05, 3.63) is 12.4 Å². The molecule has 2 heteroatoms. The summed E-state index contributed by atoms with van der Waals surface area (Å²) in [4.78, 5) is 5.30. The van der Waals surface area contributed by atoms with Crippen LogP contribution in [0.2, 0.25) is 0 Å². The summed E-state index contributed by atoms with van der Waals surface area (Å²) in [6.45, 7) is 9.43. The fourth-order valence-corrected chi connectivity index (χ4v) is 4.24. The zero-order valence-corrected chi connectivity index (χ0v) is 19.1. The van der Waals surface area contributed by atoms with Crippen molar-refractivity contribution in [1.82, 2.24) is 9.80 Å². The van der Waals surface area contributed by atoms with Crippen LogP contribution in [-0.2, 0) is 0 Å². The lowest BCUT2D eigenvalue weighted by Crippen LogP contribution is -2.39. The van der Waals surface area contributed by atoms with Crippen LogP contribution in [0.3, 0.4) is 0 Å². The van der Waals surface area contributed by atoms with Crippen LogP contribution in [0.4, 0.5) is 0 Å². The van der Waals surface area contributed by atoms with Gasteiger partial charge in [0.1, 0.15) is 6.17 Å². The number of rotatable bonds is 19. The smallest absolute Gasteiger partial charge is 0.101 e. The van der Waals surface area contributed by atoms with E-state index < -0.39 is 0 Å². The third-order valence-corrected chi connectivity index (χ3v) is 6.07. The van der Waals surface area contributed by atoms with Gasteiger partial charge in [0.25, 0.3) is 0 Å². The molecular weight excluding hydrogens is 328 g/mol. The molecule has 0 aromatic rings. The Labute approximate surface area is 171 Å². The van der Waals surface area contributed by atoms with E-state index in [1.54, 1.807) is 0 Å². The molecule has 0 fully saturated rings. The second-order valence-electron chi connectivity index (χ2n) is 8.64. The molecular formula is C25H50N2. The van der Waals surface area contributed by atoms with Crippen LogP contribution < -0.4 is 0 Å². The largest absolute Gasteiger partial charge is 0.356 e. The highest BCUT2D eigenvalue weighted by molar-refractivity contribution is 4.96. The number of hydrogen-bond donors (Lipinski definition) is 0. The van der Waals surface area contributed by atoms with Gasteiger partial charge in [-0.25, -0.2) is 0 Å².